The van der Waals surface area contributed by atoms with Gasteiger partial charge in [0.25, 0.3) is 0 Å². The van der Waals surface area contributed by atoms with Gasteiger partial charge in [0.05, 0.1) is 6.61 Å². The number of hydrogen-bond donors (Lipinski definition) is 0. The first-order valence-electron chi connectivity index (χ1n) is 14.6. The van der Waals surface area contributed by atoms with E-state index in [0.717, 1.165) is 36.2 Å². The average Bonchev–Trinajstić information content (AvgIpc) is 2.97. The topological polar surface area (TPSA) is 9.23 Å². The van der Waals surface area contributed by atoms with Gasteiger partial charge in [0.1, 0.15) is 5.82 Å². The summed E-state index contributed by atoms with van der Waals surface area (Å²) >= 11 is 0. The highest BCUT2D eigenvalue weighted by Gasteiger charge is 2.31. The molecule has 39 heavy (non-hydrogen) atoms. The Morgan fingerprint density at radius 1 is 0.718 bits per heavy atom. The third kappa shape index (κ3) is 6.10. The number of halogens is 3. The van der Waals surface area contributed by atoms with Gasteiger partial charge < -0.3 is 4.74 Å². The van der Waals surface area contributed by atoms with Crippen LogP contribution >= 0.6 is 0 Å². The first-order valence-corrected chi connectivity index (χ1v) is 14.6. The van der Waals surface area contributed by atoms with Crippen LogP contribution in [0.5, 0.6) is 5.75 Å². The van der Waals surface area contributed by atoms with Crippen LogP contribution in [0, 0.1) is 35.2 Å². The smallest absolute Gasteiger partial charge is 0.201 e. The Balaban J connectivity index is 1.22. The molecule has 0 heterocycles. The SMILES string of the molecule is C/C=C/C1CCC(C2CCC(c3ccc(-c4ccc(-c5ccc(OCC)c(F)c5F)cc4)c(F)c3)CC2)CC1. The van der Waals surface area contributed by atoms with E-state index in [-0.39, 0.29) is 23.7 Å². The molecule has 4 heteroatoms. The Hall–Kier alpha value is -3.01. The number of rotatable bonds is 7. The lowest BCUT2D eigenvalue weighted by molar-refractivity contribution is 0.171. The van der Waals surface area contributed by atoms with E-state index in [1.807, 2.05) is 6.07 Å². The summed E-state index contributed by atoms with van der Waals surface area (Å²) in [7, 11) is 0. The van der Waals surface area contributed by atoms with Crippen molar-refractivity contribution < 1.29 is 17.9 Å². The molecule has 2 fully saturated rings. The quantitative estimate of drug-likeness (QED) is 0.275. The largest absolute Gasteiger partial charge is 0.491 e. The van der Waals surface area contributed by atoms with E-state index in [9.17, 15) is 8.78 Å². The van der Waals surface area contributed by atoms with Gasteiger partial charge in [0.15, 0.2) is 11.6 Å². The fourth-order valence-corrected chi connectivity index (χ4v) is 6.88. The molecule has 2 aliphatic rings. The van der Waals surface area contributed by atoms with Crippen LogP contribution in [0.2, 0.25) is 0 Å². The molecular formula is C35H39F3O. The molecule has 3 aromatic rings. The van der Waals surface area contributed by atoms with E-state index in [1.54, 1.807) is 37.3 Å². The van der Waals surface area contributed by atoms with Gasteiger partial charge in [0, 0.05) is 11.1 Å². The van der Waals surface area contributed by atoms with Crippen molar-refractivity contribution in [3.8, 4) is 28.0 Å². The summed E-state index contributed by atoms with van der Waals surface area (Å²) in [6.45, 7) is 4.10. The lowest BCUT2D eigenvalue weighted by Gasteiger charge is -2.37. The minimum atomic E-state index is -0.995. The van der Waals surface area contributed by atoms with Crippen LogP contribution in [0.25, 0.3) is 22.3 Å². The maximum absolute atomic E-state index is 15.3. The zero-order chi connectivity index (χ0) is 27.4. The molecule has 0 atom stereocenters. The maximum Gasteiger partial charge on any atom is 0.201 e. The molecule has 0 aromatic heterocycles. The summed E-state index contributed by atoms with van der Waals surface area (Å²) in [6, 6.07) is 15.5. The molecule has 0 amide bonds. The Kier molecular flexibility index (Phi) is 8.79. The molecule has 0 saturated heterocycles. The molecule has 0 bridgehead atoms. The minimum absolute atomic E-state index is 0.0989. The second-order valence-electron chi connectivity index (χ2n) is 11.3. The lowest BCUT2D eigenvalue weighted by atomic mass is 9.68. The fourth-order valence-electron chi connectivity index (χ4n) is 6.88. The van der Waals surface area contributed by atoms with Crippen molar-refractivity contribution in [1.29, 1.82) is 0 Å². The van der Waals surface area contributed by atoms with Gasteiger partial charge in [-0.1, -0.05) is 48.6 Å². The highest BCUT2D eigenvalue weighted by Crippen LogP contribution is 2.44. The van der Waals surface area contributed by atoms with Gasteiger partial charge in [-0.15, -0.1) is 0 Å². The maximum atomic E-state index is 15.3. The van der Waals surface area contributed by atoms with Gasteiger partial charge in [-0.2, -0.15) is 4.39 Å². The van der Waals surface area contributed by atoms with Crippen LogP contribution < -0.4 is 4.74 Å². The Morgan fingerprint density at radius 3 is 1.90 bits per heavy atom. The summed E-state index contributed by atoms with van der Waals surface area (Å²) in [5.41, 5.74) is 3.01. The summed E-state index contributed by atoms with van der Waals surface area (Å²) in [5, 5.41) is 0. The first kappa shape index (κ1) is 27.6. The normalized spacial score (nSPS) is 23.7. The van der Waals surface area contributed by atoms with Crippen molar-refractivity contribution in [3.63, 3.8) is 0 Å². The van der Waals surface area contributed by atoms with E-state index in [0.29, 0.717) is 22.6 Å². The Morgan fingerprint density at radius 2 is 1.31 bits per heavy atom. The predicted molar refractivity (Wildman–Crippen MR) is 153 cm³/mol. The molecule has 0 N–H and O–H groups in total. The monoisotopic (exact) mass is 532 g/mol. The third-order valence-electron chi connectivity index (χ3n) is 9.04. The molecule has 2 aliphatic carbocycles. The van der Waals surface area contributed by atoms with Crippen LogP contribution in [-0.2, 0) is 0 Å². The van der Waals surface area contributed by atoms with Crippen molar-refractivity contribution in [1.82, 2.24) is 0 Å². The van der Waals surface area contributed by atoms with Crippen molar-refractivity contribution in [2.75, 3.05) is 6.61 Å². The summed E-state index contributed by atoms with van der Waals surface area (Å²) in [5.74, 6) is 0.610. The second kappa shape index (κ2) is 12.4. The number of hydrogen-bond acceptors (Lipinski definition) is 1. The van der Waals surface area contributed by atoms with E-state index < -0.39 is 11.6 Å². The van der Waals surface area contributed by atoms with Crippen molar-refractivity contribution in [2.45, 2.75) is 71.1 Å². The molecule has 1 nitrogen and oxygen atoms in total. The van der Waals surface area contributed by atoms with Gasteiger partial charge in [-0.3, -0.25) is 0 Å². The zero-order valence-corrected chi connectivity index (χ0v) is 23.1. The van der Waals surface area contributed by atoms with Gasteiger partial charge in [-0.05, 0) is 124 Å². The van der Waals surface area contributed by atoms with Crippen LogP contribution in [0.1, 0.15) is 76.7 Å². The van der Waals surface area contributed by atoms with E-state index >= 15 is 4.39 Å². The van der Waals surface area contributed by atoms with Gasteiger partial charge in [-0.25, -0.2) is 8.78 Å². The van der Waals surface area contributed by atoms with Crippen molar-refractivity contribution in [3.05, 3.63) is 89.8 Å². The molecule has 5 rings (SSSR count). The van der Waals surface area contributed by atoms with Gasteiger partial charge in [0.2, 0.25) is 5.82 Å². The molecule has 0 radical (unpaired) electrons. The average molecular weight is 533 g/mol. The van der Waals surface area contributed by atoms with E-state index in [1.165, 1.54) is 50.7 Å². The molecule has 206 valence electrons. The van der Waals surface area contributed by atoms with Crippen LogP contribution in [-0.4, -0.2) is 6.61 Å². The van der Waals surface area contributed by atoms with Gasteiger partial charge >= 0.3 is 0 Å². The van der Waals surface area contributed by atoms with E-state index in [4.69, 9.17) is 4.74 Å². The highest BCUT2D eigenvalue weighted by molar-refractivity contribution is 5.71. The van der Waals surface area contributed by atoms with Crippen LogP contribution in [0.4, 0.5) is 13.2 Å². The third-order valence-corrected chi connectivity index (χ3v) is 9.04. The number of allylic oxidation sites excluding steroid dienone is 2. The zero-order valence-electron chi connectivity index (χ0n) is 23.1. The predicted octanol–water partition coefficient (Wildman–Crippen LogP) is 10.5. The summed E-state index contributed by atoms with van der Waals surface area (Å²) in [6.07, 6.45) is 14.7. The first-order chi connectivity index (χ1) is 19.0. The minimum Gasteiger partial charge on any atom is -0.491 e. The van der Waals surface area contributed by atoms with E-state index in [2.05, 4.69) is 25.1 Å². The van der Waals surface area contributed by atoms with Crippen molar-refractivity contribution in [2.24, 2.45) is 17.8 Å². The molecule has 0 aliphatic heterocycles. The Bertz CT molecular complexity index is 1280. The second-order valence-corrected chi connectivity index (χ2v) is 11.3. The standard InChI is InChI=1S/C35H39F3O/c1-3-5-23-6-8-24(9-7-23)25-10-12-26(13-11-25)29-18-19-30(32(36)22-29)27-14-16-28(17-15-27)31-20-21-33(39-4-2)35(38)34(31)37/h3,5,14-26H,4,6-13H2,1-2H3/b5-3+. The van der Waals surface area contributed by atoms with Crippen molar-refractivity contribution >= 4 is 0 Å². The Labute approximate surface area is 231 Å². The van der Waals surface area contributed by atoms with Crippen LogP contribution in [0.3, 0.4) is 0 Å². The number of ether oxygens (including phenoxy) is 1. The molecule has 0 unspecified atom stereocenters. The summed E-state index contributed by atoms with van der Waals surface area (Å²) < 4.78 is 49.4. The fraction of sp³-hybridized carbons (Fsp3) is 0.429. The molecule has 2 saturated carbocycles. The lowest BCUT2D eigenvalue weighted by Crippen LogP contribution is -2.25. The molecular weight excluding hydrogens is 493 g/mol. The highest BCUT2D eigenvalue weighted by atomic mass is 19.2. The summed E-state index contributed by atoms with van der Waals surface area (Å²) in [4.78, 5) is 0. The molecule has 0 spiro atoms. The van der Waals surface area contributed by atoms with Crippen LogP contribution in [0.15, 0.2) is 66.7 Å². The molecule has 3 aromatic carbocycles. The number of benzene rings is 3.